The molecule has 0 radical (unpaired) electrons. The second-order valence-corrected chi connectivity index (χ2v) is 14.4. The second kappa shape index (κ2) is 17.1. The normalized spacial score (nSPS) is 11.7. The van der Waals surface area contributed by atoms with Crippen molar-refractivity contribution >= 4 is 47.0 Å². The minimum absolute atomic E-state index is 0.0517. The highest BCUT2D eigenvalue weighted by Crippen LogP contribution is 2.40. The Balaban J connectivity index is 1.13. The molecular weight excluding hydrogens is 771 g/mol. The van der Waals surface area contributed by atoms with Crippen LogP contribution in [0.15, 0.2) is 164 Å². The van der Waals surface area contributed by atoms with Crippen LogP contribution in [0, 0.1) is 0 Å². The lowest BCUT2D eigenvalue weighted by Crippen LogP contribution is -2.58. The average molecular weight is 807 g/mol. The number of rotatable bonds is 12. The summed E-state index contributed by atoms with van der Waals surface area (Å²) in [5.41, 5.74) is 5.07. The van der Waals surface area contributed by atoms with Crippen molar-refractivity contribution in [1.82, 2.24) is 0 Å². The number of fused-ring (bicyclic) bond motifs is 4. The highest BCUT2D eigenvalue weighted by atomic mass is 16.6. The second-order valence-electron chi connectivity index (χ2n) is 14.4. The van der Waals surface area contributed by atoms with Crippen molar-refractivity contribution in [2.24, 2.45) is 0 Å². The molecule has 0 atom stereocenters. The Morgan fingerprint density at radius 3 is 1.07 bits per heavy atom. The monoisotopic (exact) mass is 806 g/mol. The molecule has 10 nitrogen and oxygen atoms in total. The molecule has 2 aliphatic rings. The molecular formula is C50H35BO10. The van der Waals surface area contributed by atoms with Gasteiger partial charge in [-0.25, -0.2) is 19.2 Å². The quantitative estimate of drug-likeness (QED) is 0.0686. The van der Waals surface area contributed by atoms with Crippen molar-refractivity contribution in [2.75, 3.05) is 0 Å². The van der Waals surface area contributed by atoms with Crippen molar-refractivity contribution in [3.8, 4) is 23.0 Å². The van der Waals surface area contributed by atoms with E-state index in [-0.39, 0.29) is 71.7 Å². The molecule has 0 aliphatic carbocycles. The molecule has 0 aromatic heterocycles. The van der Waals surface area contributed by atoms with Crippen molar-refractivity contribution < 1.29 is 47.6 Å². The van der Waals surface area contributed by atoms with E-state index in [1.54, 1.807) is 36.4 Å². The zero-order valence-corrected chi connectivity index (χ0v) is 32.6. The van der Waals surface area contributed by atoms with Crippen molar-refractivity contribution in [2.45, 2.75) is 26.4 Å². The summed E-state index contributed by atoms with van der Waals surface area (Å²) in [6.07, 6.45) is 0. The Hall–Kier alpha value is -7.92. The minimum Gasteiger partial charge on any atom is -0.457 e. The summed E-state index contributed by atoms with van der Waals surface area (Å²) in [4.78, 5) is 55.2. The van der Waals surface area contributed by atoms with Crippen LogP contribution in [0.5, 0.6) is 23.0 Å². The van der Waals surface area contributed by atoms with E-state index in [9.17, 15) is 19.2 Å². The van der Waals surface area contributed by atoms with E-state index in [4.69, 9.17) is 28.4 Å². The van der Waals surface area contributed by atoms with E-state index in [0.29, 0.717) is 16.4 Å². The molecule has 7 aromatic rings. The third-order valence-corrected chi connectivity index (χ3v) is 10.4. The average Bonchev–Trinajstić information content (AvgIpc) is 3.31. The first-order chi connectivity index (χ1) is 29.9. The Labute approximate surface area is 351 Å². The molecule has 0 saturated heterocycles. The molecule has 61 heavy (non-hydrogen) atoms. The van der Waals surface area contributed by atoms with E-state index in [1.807, 2.05) is 121 Å². The van der Waals surface area contributed by atoms with Gasteiger partial charge >= 0.3 is 23.9 Å². The number of ether oxygens (including phenoxy) is 6. The number of hydrogen-bond acceptors (Lipinski definition) is 10. The van der Waals surface area contributed by atoms with Crippen LogP contribution < -0.4 is 25.9 Å². The summed E-state index contributed by atoms with van der Waals surface area (Å²) in [6, 6.07) is 48.3. The van der Waals surface area contributed by atoms with Gasteiger partial charge in [-0.15, -0.1) is 0 Å². The largest absolute Gasteiger partial charge is 0.457 e. The number of benzene rings is 7. The van der Waals surface area contributed by atoms with Crippen LogP contribution in [-0.2, 0) is 45.4 Å². The maximum absolute atomic E-state index is 14.2. The molecule has 0 unspecified atom stereocenters. The van der Waals surface area contributed by atoms with Gasteiger partial charge < -0.3 is 28.4 Å². The highest BCUT2D eigenvalue weighted by Gasteiger charge is 2.45. The van der Waals surface area contributed by atoms with Gasteiger partial charge in [0.05, 0.1) is 11.1 Å². The molecule has 0 saturated carbocycles. The van der Waals surface area contributed by atoms with Gasteiger partial charge in [0.2, 0.25) is 0 Å². The maximum Gasteiger partial charge on any atom is 0.342 e. The Morgan fingerprint density at radius 2 is 0.721 bits per heavy atom. The van der Waals surface area contributed by atoms with Crippen LogP contribution in [0.2, 0.25) is 0 Å². The molecule has 7 aromatic carbocycles. The lowest BCUT2D eigenvalue weighted by atomic mass is 9.34. The Kier molecular flexibility index (Phi) is 10.8. The molecule has 0 spiro atoms. The third-order valence-electron chi connectivity index (χ3n) is 10.4. The predicted octanol–water partition coefficient (Wildman–Crippen LogP) is 7.84. The summed E-state index contributed by atoms with van der Waals surface area (Å²) in [5, 5.41) is 0. The number of carbonyl (C=O) groups is 4. The fourth-order valence-electron chi connectivity index (χ4n) is 7.34. The molecule has 0 fully saturated rings. The lowest BCUT2D eigenvalue weighted by Gasteiger charge is -2.34. The van der Waals surface area contributed by atoms with Gasteiger partial charge in [-0.1, -0.05) is 133 Å². The van der Waals surface area contributed by atoms with Crippen LogP contribution in [-0.4, -0.2) is 30.6 Å². The van der Waals surface area contributed by atoms with Crippen LogP contribution in [0.3, 0.4) is 0 Å². The molecule has 11 heteroatoms. The van der Waals surface area contributed by atoms with Gasteiger partial charge in [0.15, 0.2) is 0 Å². The van der Waals surface area contributed by atoms with Crippen LogP contribution in [0.1, 0.15) is 63.7 Å². The van der Waals surface area contributed by atoms with Gasteiger partial charge in [-0.2, -0.15) is 0 Å². The number of esters is 4. The summed E-state index contributed by atoms with van der Waals surface area (Å²) in [6.45, 7) is -0.682. The number of hydrogen-bond donors (Lipinski definition) is 0. The molecule has 9 rings (SSSR count). The first-order valence-corrected chi connectivity index (χ1v) is 19.6. The van der Waals surface area contributed by atoms with E-state index in [2.05, 4.69) is 0 Å². The van der Waals surface area contributed by atoms with E-state index in [1.165, 1.54) is 6.07 Å². The zero-order chi connectivity index (χ0) is 41.7. The first kappa shape index (κ1) is 38.6. The van der Waals surface area contributed by atoms with Crippen molar-refractivity contribution in [3.05, 3.63) is 208 Å². The summed E-state index contributed by atoms with van der Waals surface area (Å²) in [7, 11) is 0. The molecule has 0 N–H and O–H groups in total. The summed E-state index contributed by atoms with van der Waals surface area (Å²) >= 11 is 0. The molecule has 0 amide bonds. The highest BCUT2D eigenvalue weighted by molar-refractivity contribution is 6.98. The predicted molar refractivity (Wildman–Crippen MR) is 226 cm³/mol. The topological polar surface area (TPSA) is 124 Å². The SMILES string of the molecule is O=C(OCc1ccccc1)c1ccc2c(c1)Oc1c(C(=O)OCc3ccccc3)cc(C(=O)OCc3ccccc3)c3c1B2c1ccc(C(=O)OCc2ccccc2)cc1O3. The van der Waals surface area contributed by atoms with Crippen LogP contribution >= 0.6 is 0 Å². The smallest absolute Gasteiger partial charge is 0.342 e. The van der Waals surface area contributed by atoms with Gasteiger partial charge in [0, 0.05) is 5.46 Å². The first-order valence-electron chi connectivity index (χ1n) is 19.6. The van der Waals surface area contributed by atoms with Crippen LogP contribution in [0.25, 0.3) is 0 Å². The van der Waals surface area contributed by atoms with Crippen molar-refractivity contribution in [3.63, 3.8) is 0 Å². The Bertz CT molecular complexity index is 2590. The zero-order valence-electron chi connectivity index (χ0n) is 32.6. The fraction of sp³-hybridized carbons (Fsp3) is 0.0800. The maximum atomic E-state index is 14.2. The standard InChI is InChI=1S/C50H35BO10/c52-47(56-28-32-13-5-1-6-14-32)36-21-23-40-42(25-36)60-45-38(49(54)58-30-34-17-9-3-10-18-34)27-39(50(55)59-31-35-19-11-4-12-20-35)46-44(45)51(40)41-24-22-37(26-43(41)61-46)48(53)57-29-33-15-7-2-8-16-33/h1-27H,28-31H2. The lowest BCUT2D eigenvalue weighted by molar-refractivity contribution is 0.0454. The van der Waals surface area contributed by atoms with E-state index in [0.717, 1.165) is 22.3 Å². The van der Waals surface area contributed by atoms with Crippen LogP contribution in [0.4, 0.5) is 0 Å². The van der Waals surface area contributed by atoms with Gasteiger partial charge in [0.1, 0.15) is 60.6 Å². The minimum atomic E-state index is -0.762. The molecule has 0 bridgehead atoms. The molecule has 2 heterocycles. The van der Waals surface area contributed by atoms with Gasteiger partial charge in [-0.3, -0.25) is 0 Å². The number of carbonyl (C=O) groups excluding carboxylic acids is 4. The molecule has 298 valence electrons. The van der Waals surface area contributed by atoms with E-state index >= 15 is 0 Å². The summed E-state index contributed by atoms with van der Waals surface area (Å²) in [5.74, 6) is -1.97. The third kappa shape index (κ3) is 8.22. The van der Waals surface area contributed by atoms with Crippen molar-refractivity contribution in [1.29, 1.82) is 0 Å². The van der Waals surface area contributed by atoms with Gasteiger partial charge in [-0.05, 0) is 63.5 Å². The van der Waals surface area contributed by atoms with Gasteiger partial charge in [0.25, 0.3) is 6.71 Å². The Morgan fingerprint density at radius 1 is 0.393 bits per heavy atom. The molecule has 2 aliphatic heterocycles. The fourth-order valence-corrected chi connectivity index (χ4v) is 7.34. The summed E-state index contributed by atoms with van der Waals surface area (Å²) < 4.78 is 36.1. The van der Waals surface area contributed by atoms with E-state index < -0.39 is 30.6 Å².